The highest BCUT2D eigenvalue weighted by atomic mass is 79.9. The molecule has 19 heavy (non-hydrogen) atoms. The molecule has 0 radical (unpaired) electrons. The van der Waals surface area contributed by atoms with Gasteiger partial charge < -0.3 is 10.1 Å². The van der Waals surface area contributed by atoms with Gasteiger partial charge in [-0.05, 0) is 83.1 Å². The van der Waals surface area contributed by atoms with Crippen LogP contribution in [0.4, 0.5) is 0 Å². The van der Waals surface area contributed by atoms with E-state index in [4.69, 9.17) is 4.74 Å². The van der Waals surface area contributed by atoms with Crippen LogP contribution in [0.2, 0.25) is 0 Å². The summed E-state index contributed by atoms with van der Waals surface area (Å²) in [4.78, 5) is 0. The molecule has 0 spiro atoms. The van der Waals surface area contributed by atoms with Crippen LogP contribution in [-0.2, 0) is 4.74 Å². The monoisotopic (exact) mass is 411 g/mol. The number of methoxy groups -OCH3 is 1. The van der Waals surface area contributed by atoms with Gasteiger partial charge in [-0.1, -0.05) is 6.92 Å². The molecule has 0 fully saturated rings. The lowest BCUT2D eigenvalue weighted by molar-refractivity contribution is 0.0117. The van der Waals surface area contributed by atoms with Crippen LogP contribution in [0.1, 0.15) is 51.6 Å². The molecular formula is C14H23Br2NOS. The van der Waals surface area contributed by atoms with Gasteiger partial charge in [0, 0.05) is 13.2 Å². The highest BCUT2D eigenvalue weighted by Crippen LogP contribution is 2.37. The maximum absolute atomic E-state index is 5.52. The van der Waals surface area contributed by atoms with Crippen molar-refractivity contribution >= 4 is 43.2 Å². The number of thiophene rings is 1. The molecule has 2 nitrogen and oxygen atoms in total. The molecule has 0 aliphatic rings. The van der Waals surface area contributed by atoms with Crippen molar-refractivity contribution in [1.82, 2.24) is 5.32 Å². The SMILES string of the molecule is CCCNC(CCC(C)(C)OC)c1cc(Br)sc1Br. The van der Waals surface area contributed by atoms with E-state index in [0.717, 1.165) is 25.8 Å². The van der Waals surface area contributed by atoms with Crippen molar-refractivity contribution in [2.75, 3.05) is 13.7 Å². The Labute approximate surface area is 137 Å². The standard InChI is InChI=1S/C14H23Br2NOS/c1-5-8-17-11(6-7-14(2,3)18-4)10-9-12(15)19-13(10)16/h9,11,17H,5-8H2,1-4H3. The molecule has 110 valence electrons. The van der Waals surface area contributed by atoms with Crippen molar-refractivity contribution < 1.29 is 4.74 Å². The fourth-order valence-electron chi connectivity index (χ4n) is 1.87. The van der Waals surface area contributed by atoms with Crippen LogP contribution >= 0.6 is 43.2 Å². The van der Waals surface area contributed by atoms with Crippen LogP contribution < -0.4 is 5.32 Å². The Hall–Kier alpha value is 0.580. The Morgan fingerprint density at radius 2 is 2.11 bits per heavy atom. The molecule has 5 heteroatoms. The minimum atomic E-state index is -0.0636. The van der Waals surface area contributed by atoms with Crippen LogP contribution in [-0.4, -0.2) is 19.3 Å². The van der Waals surface area contributed by atoms with Gasteiger partial charge in [0.25, 0.3) is 0 Å². The Morgan fingerprint density at radius 1 is 1.42 bits per heavy atom. The highest BCUT2D eigenvalue weighted by molar-refractivity contribution is 9.12. The largest absolute Gasteiger partial charge is 0.379 e. The van der Waals surface area contributed by atoms with E-state index in [1.807, 2.05) is 0 Å². The summed E-state index contributed by atoms with van der Waals surface area (Å²) in [5.41, 5.74) is 1.28. The van der Waals surface area contributed by atoms with Gasteiger partial charge in [0.1, 0.15) is 0 Å². The average molecular weight is 413 g/mol. The Kier molecular flexibility index (Phi) is 7.54. The number of halogens is 2. The van der Waals surface area contributed by atoms with Crippen molar-refractivity contribution in [1.29, 1.82) is 0 Å². The Bertz CT molecular complexity index is 393. The summed E-state index contributed by atoms with van der Waals surface area (Å²) in [6.45, 7) is 7.52. The van der Waals surface area contributed by atoms with Gasteiger partial charge >= 0.3 is 0 Å². The Morgan fingerprint density at radius 3 is 2.58 bits per heavy atom. The molecule has 0 bridgehead atoms. The normalized spacial score (nSPS) is 13.8. The first-order valence-electron chi connectivity index (χ1n) is 6.63. The van der Waals surface area contributed by atoms with E-state index in [0.29, 0.717) is 6.04 Å². The number of ether oxygens (including phenoxy) is 1. The van der Waals surface area contributed by atoms with E-state index in [1.165, 1.54) is 13.1 Å². The first-order valence-corrected chi connectivity index (χ1v) is 9.03. The summed E-state index contributed by atoms with van der Waals surface area (Å²) in [6.07, 6.45) is 3.25. The first-order chi connectivity index (χ1) is 8.89. The molecule has 0 aliphatic heterocycles. The average Bonchev–Trinajstić information content (AvgIpc) is 2.69. The topological polar surface area (TPSA) is 21.3 Å². The summed E-state index contributed by atoms with van der Waals surface area (Å²) in [7, 11) is 1.78. The van der Waals surface area contributed by atoms with Crippen LogP contribution in [0.5, 0.6) is 0 Å². The zero-order chi connectivity index (χ0) is 14.5. The summed E-state index contributed by atoms with van der Waals surface area (Å²) < 4.78 is 7.90. The van der Waals surface area contributed by atoms with E-state index < -0.39 is 0 Å². The van der Waals surface area contributed by atoms with Crippen LogP contribution in [0.25, 0.3) is 0 Å². The molecule has 1 aromatic heterocycles. The quantitative estimate of drug-likeness (QED) is 0.606. The fraction of sp³-hybridized carbons (Fsp3) is 0.714. The predicted octanol–water partition coefficient (Wildman–Crippen LogP) is 5.52. The first kappa shape index (κ1) is 17.6. The second kappa shape index (κ2) is 8.13. The van der Waals surface area contributed by atoms with E-state index >= 15 is 0 Å². The second-order valence-electron chi connectivity index (χ2n) is 5.29. The molecule has 0 saturated carbocycles. The maximum atomic E-state index is 5.52. The molecular weight excluding hydrogens is 390 g/mol. The van der Waals surface area contributed by atoms with Crippen LogP contribution in [0, 0.1) is 0 Å². The number of hydrogen-bond donors (Lipinski definition) is 1. The van der Waals surface area contributed by atoms with Crippen molar-refractivity contribution in [3.05, 3.63) is 19.2 Å². The lowest BCUT2D eigenvalue weighted by Gasteiger charge is -2.26. The van der Waals surface area contributed by atoms with Gasteiger partial charge in [-0.15, -0.1) is 11.3 Å². The third-order valence-corrected chi connectivity index (χ3v) is 5.67. The third kappa shape index (κ3) is 5.84. The summed E-state index contributed by atoms with van der Waals surface area (Å²) in [5.74, 6) is 0. The van der Waals surface area contributed by atoms with Gasteiger partial charge in [0.15, 0.2) is 0 Å². The molecule has 0 saturated heterocycles. The molecule has 1 atom stereocenters. The zero-order valence-electron chi connectivity index (χ0n) is 12.1. The summed E-state index contributed by atoms with van der Waals surface area (Å²) in [5, 5.41) is 3.64. The smallest absolute Gasteiger partial charge is 0.0758 e. The maximum Gasteiger partial charge on any atom is 0.0758 e. The van der Waals surface area contributed by atoms with Crippen LogP contribution in [0.3, 0.4) is 0 Å². The van der Waals surface area contributed by atoms with E-state index in [-0.39, 0.29) is 5.60 Å². The minimum absolute atomic E-state index is 0.0636. The Balaban J connectivity index is 2.74. The molecule has 1 N–H and O–H groups in total. The zero-order valence-corrected chi connectivity index (χ0v) is 16.0. The van der Waals surface area contributed by atoms with Crippen molar-refractivity contribution in [3.63, 3.8) is 0 Å². The van der Waals surface area contributed by atoms with Gasteiger partial charge in [0.05, 0.1) is 13.2 Å². The third-order valence-electron chi connectivity index (χ3n) is 3.29. The van der Waals surface area contributed by atoms with E-state index in [1.54, 1.807) is 18.4 Å². The summed E-state index contributed by atoms with van der Waals surface area (Å²) >= 11 is 8.96. The van der Waals surface area contributed by atoms with E-state index in [2.05, 4.69) is 64.0 Å². The van der Waals surface area contributed by atoms with E-state index in [9.17, 15) is 0 Å². The van der Waals surface area contributed by atoms with Gasteiger partial charge in [0.2, 0.25) is 0 Å². The highest BCUT2D eigenvalue weighted by Gasteiger charge is 2.22. The second-order valence-corrected chi connectivity index (χ2v) is 9.04. The molecule has 1 aromatic rings. The molecule has 1 heterocycles. The molecule has 1 rings (SSSR count). The molecule has 0 amide bonds. The molecule has 0 aromatic carbocycles. The number of hydrogen-bond acceptors (Lipinski definition) is 3. The van der Waals surface area contributed by atoms with Crippen molar-refractivity contribution in [2.24, 2.45) is 0 Å². The minimum Gasteiger partial charge on any atom is -0.379 e. The van der Waals surface area contributed by atoms with Gasteiger partial charge in [-0.3, -0.25) is 0 Å². The molecule has 0 aliphatic carbocycles. The fourth-order valence-corrected chi connectivity index (χ4v) is 4.84. The van der Waals surface area contributed by atoms with Crippen molar-refractivity contribution in [2.45, 2.75) is 51.7 Å². The molecule has 1 unspecified atom stereocenters. The predicted molar refractivity (Wildman–Crippen MR) is 91.1 cm³/mol. The summed E-state index contributed by atoms with van der Waals surface area (Å²) in [6, 6.07) is 2.59. The van der Waals surface area contributed by atoms with Crippen molar-refractivity contribution in [3.8, 4) is 0 Å². The lowest BCUT2D eigenvalue weighted by atomic mass is 9.96. The lowest BCUT2D eigenvalue weighted by Crippen LogP contribution is -2.27. The van der Waals surface area contributed by atoms with Gasteiger partial charge in [-0.25, -0.2) is 0 Å². The van der Waals surface area contributed by atoms with Crippen LogP contribution in [0.15, 0.2) is 13.6 Å². The number of nitrogens with one attached hydrogen (secondary N) is 1. The number of rotatable bonds is 8. The van der Waals surface area contributed by atoms with Gasteiger partial charge in [-0.2, -0.15) is 0 Å².